The summed E-state index contributed by atoms with van der Waals surface area (Å²) >= 11 is 5.87. The molecule has 160 valence electrons. The zero-order valence-electron chi connectivity index (χ0n) is 16.3. The van der Waals surface area contributed by atoms with Crippen LogP contribution in [0.4, 0.5) is 5.69 Å². The second-order valence-electron chi connectivity index (χ2n) is 6.59. The highest BCUT2D eigenvalue weighted by Gasteiger charge is 2.47. The van der Waals surface area contributed by atoms with Crippen molar-refractivity contribution in [2.45, 2.75) is 13.0 Å². The van der Waals surface area contributed by atoms with Gasteiger partial charge in [0, 0.05) is 22.7 Å². The SMILES string of the molecule is CCOC(=O)CN1C(=O)C(=O)/C(=C(/O)c2ccc(Cl)cc2)C1c1ccc([N+](=O)[O-])cc1. The number of nitrogens with zero attached hydrogens (tertiary/aromatic N) is 2. The monoisotopic (exact) mass is 444 g/mol. The Balaban J connectivity index is 2.14. The van der Waals surface area contributed by atoms with Gasteiger partial charge < -0.3 is 14.7 Å². The van der Waals surface area contributed by atoms with Crippen LogP contribution in [0, 0.1) is 10.1 Å². The molecule has 1 unspecified atom stereocenters. The van der Waals surface area contributed by atoms with Crippen molar-refractivity contribution in [2.24, 2.45) is 0 Å². The number of nitro benzene ring substituents is 1. The normalized spacial score (nSPS) is 17.6. The molecule has 31 heavy (non-hydrogen) atoms. The highest BCUT2D eigenvalue weighted by molar-refractivity contribution is 6.47. The van der Waals surface area contributed by atoms with Gasteiger partial charge in [0.1, 0.15) is 12.3 Å². The number of ketones is 1. The summed E-state index contributed by atoms with van der Waals surface area (Å²) in [5, 5.41) is 22.2. The number of hydrogen-bond acceptors (Lipinski definition) is 7. The molecule has 1 atom stereocenters. The van der Waals surface area contributed by atoms with Gasteiger partial charge in [-0.25, -0.2) is 0 Å². The van der Waals surface area contributed by atoms with Crippen molar-refractivity contribution in [2.75, 3.05) is 13.2 Å². The number of nitro groups is 1. The Labute approximate surface area is 181 Å². The van der Waals surface area contributed by atoms with E-state index in [9.17, 15) is 29.6 Å². The first-order valence-corrected chi connectivity index (χ1v) is 9.56. The molecular formula is C21H17ClN2O7. The maximum Gasteiger partial charge on any atom is 0.325 e. The molecule has 1 amide bonds. The van der Waals surface area contributed by atoms with E-state index in [0.717, 1.165) is 4.90 Å². The maximum atomic E-state index is 12.8. The Kier molecular flexibility index (Phi) is 6.36. The fraction of sp³-hybridized carbons (Fsp3) is 0.190. The average molecular weight is 445 g/mol. The quantitative estimate of drug-likeness (QED) is 0.181. The summed E-state index contributed by atoms with van der Waals surface area (Å²) in [6, 6.07) is 9.97. The predicted molar refractivity (Wildman–Crippen MR) is 110 cm³/mol. The van der Waals surface area contributed by atoms with Crippen LogP contribution in [0.25, 0.3) is 5.76 Å². The van der Waals surface area contributed by atoms with Crippen molar-refractivity contribution >= 4 is 40.7 Å². The van der Waals surface area contributed by atoms with Crippen LogP contribution in [0.5, 0.6) is 0 Å². The van der Waals surface area contributed by atoms with Crippen LogP contribution in [0.15, 0.2) is 54.1 Å². The minimum atomic E-state index is -1.14. The minimum Gasteiger partial charge on any atom is -0.507 e. The van der Waals surface area contributed by atoms with Crippen LogP contribution >= 0.6 is 11.6 Å². The van der Waals surface area contributed by atoms with Gasteiger partial charge in [0.15, 0.2) is 0 Å². The topological polar surface area (TPSA) is 127 Å². The fourth-order valence-corrected chi connectivity index (χ4v) is 3.40. The van der Waals surface area contributed by atoms with Crippen LogP contribution < -0.4 is 0 Å². The van der Waals surface area contributed by atoms with E-state index in [1.807, 2.05) is 0 Å². The molecule has 1 N–H and O–H groups in total. The Bertz CT molecular complexity index is 1080. The van der Waals surface area contributed by atoms with Gasteiger partial charge in [-0.1, -0.05) is 11.6 Å². The molecule has 2 aromatic rings. The van der Waals surface area contributed by atoms with Gasteiger partial charge in [0.2, 0.25) is 0 Å². The van der Waals surface area contributed by atoms with Crippen LogP contribution in [-0.2, 0) is 19.1 Å². The molecule has 1 fully saturated rings. The van der Waals surface area contributed by atoms with Gasteiger partial charge in [-0.2, -0.15) is 0 Å². The smallest absolute Gasteiger partial charge is 0.325 e. The number of rotatable bonds is 6. The summed E-state index contributed by atoms with van der Waals surface area (Å²) in [7, 11) is 0. The second-order valence-corrected chi connectivity index (χ2v) is 7.02. The van der Waals surface area contributed by atoms with Gasteiger partial charge >= 0.3 is 5.97 Å². The number of halogens is 1. The molecule has 0 spiro atoms. The molecule has 1 heterocycles. The van der Waals surface area contributed by atoms with Crippen LogP contribution in [0.1, 0.15) is 24.1 Å². The molecule has 9 nitrogen and oxygen atoms in total. The number of carbonyl (C=O) groups is 3. The minimum absolute atomic E-state index is 0.0791. The number of likely N-dealkylation sites (tertiary alicyclic amines) is 1. The summed E-state index contributed by atoms with van der Waals surface area (Å²) in [6.45, 7) is 1.15. The summed E-state index contributed by atoms with van der Waals surface area (Å²) < 4.78 is 4.89. The first-order valence-electron chi connectivity index (χ1n) is 9.19. The average Bonchev–Trinajstić information content (AvgIpc) is 2.99. The van der Waals surface area contributed by atoms with Crippen LogP contribution in [0.2, 0.25) is 5.02 Å². The number of non-ortho nitro benzene ring substituents is 1. The van der Waals surface area contributed by atoms with E-state index in [1.165, 1.54) is 48.5 Å². The van der Waals surface area contributed by atoms with E-state index in [4.69, 9.17) is 16.3 Å². The van der Waals surface area contributed by atoms with E-state index in [1.54, 1.807) is 6.92 Å². The lowest BCUT2D eigenvalue weighted by Crippen LogP contribution is -2.35. The van der Waals surface area contributed by atoms with Crippen molar-refractivity contribution in [3.8, 4) is 0 Å². The van der Waals surface area contributed by atoms with Crippen molar-refractivity contribution < 1.29 is 29.2 Å². The second kappa shape index (κ2) is 8.97. The van der Waals surface area contributed by atoms with Gasteiger partial charge in [0.25, 0.3) is 17.4 Å². The Morgan fingerprint density at radius 3 is 2.32 bits per heavy atom. The van der Waals surface area contributed by atoms with Gasteiger partial charge in [0.05, 0.1) is 23.1 Å². The predicted octanol–water partition coefficient (Wildman–Crippen LogP) is 3.23. The number of carbonyl (C=O) groups excluding carboxylic acids is 3. The number of Topliss-reactive ketones (excluding diaryl/α,β-unsaturated/α-hetero) is 1. The molecule has 0 bridgehead atoms. The zero-order chi connectivity index (χ0) is 22.7. The fourth-order valence-electron chi connectivity index (χ4n) is 3.28. The molecule has 2 aromatic carbocycles. The lowest BCUT2D eigenvalue weighted by molar-refractivity contribution is -0.384. The third kappa shape index (κ3) is 4.41. The highest BCUT2D eigenvalue weighted by Crippen LogP contribution is 2.39. The zero-order valence-corrected chi connectivity index (χ0v) is 17.0. The lowest BCUT2D eigenvalue weighted by atomic mass is 9.95. The molecule has 1 saturated heterocycles. The Morgan fingerprint density at radius 1 is 1.16 bits per heavy atom. The molecule has 0 aliphatic carbocycles. The standard InChI is InChI=1S/C21H17ClN2O7/c1-2-31-16(25)11-23-18(12-5-9-15(10-6-12)24(29)30)17(20(27)21(23)28)19(26)13-3-7-14(22)8-4-13/h3-10,18,26H,2,11H2,1H3/b19-17+. The number of ether oxygens (including phenoxy) is 1. The molecule has 10 heteroatoms. The molecule has 1 aliphatic rings. The number of aliphatic hydroxyl groups excluding tert-OH is 1. The van der Waals surface area contributed by atoms with Crippen molar-refractivity contribution in [1.29, 1.82) is 0 Å². The molecule has 3 rings (SSSR count). The summed E-state index contributed by atoms with van der Waals surface area (Å²) in [6.07, 6.45) is 0. The number of aliphatic hydroxyl groups is 1. The number of esters is 1. The Morgan fingerprint density at radius 2 is 1.77 bits per heavy atom. The van der Waals surface area contributed by atoms with E-state index >= 15 is 0 Å². The molecule has 0 saturated carbocycles. The third-order valence-electron chi connectivity index (χ3n) is 4.68. The van der Waals surface area contributed by atoms with Crippen molar-refractivity contribution in [1.82, 2.24) is 4.90 Å². The van der Waals surface area contributed by atoms with Gasteiger partial charge in [-0.05, 0) is 48.9 Å². The summed E-state index contributed by atoms with van der Waals surface area (Å²) in [4.78, 5) is 48.9. The van der Waals surface area contributed by atoms with E-state index in [-0.39, 0.29) is 23.4 Å². The third-order valence-corrected chi connectivity index (χ3v) is 4.93. The molecule has 0 radical (unpaired) electrons. The van der Waals surface area contributed by atoms with Gasteiger partial charge in [-0.15, -0.1) is 0 Å². The van der Waals surface area contributed by atoms with Crippen molar-refractivity contribution in [3.63, 3.8) is 0 Å². The molecular weight excluding hydrogens is 428 g/mol. The van der Waals surface area contributed by atoms with E-state index in [0.29, 0.717) is 10.6 Å². The first kappa shape index (κ1) is 22.0. The van der Waals surface area contributed by atoms with Crippen LogP contribution in [-0.4, -0.2) is 45.7 Å². The summed E-state index contributed by atoms with van der Waals surface area (Å²) in [5.41, 5.74) is 0.115. The first-order chi connectivity index (χ1) is 14.7. The number of benzene rings is 2. The summed E-state index contributed by atoms with van der Waals surface area (Å²) in [5.74, 6) is -3.17. The number of hydrogen-bond donors (Lipinski definition) is 1. The molecule has 0 aromatic heterocycles. The van der Waals surface area contributed by atoms with Gasteiger partial charge in [-0.3, -0.25) is 24.5 Å². The van der Waals surface area contributed by atoms with Crippen molar-refractivity contribution in [3.05, 3.63) is 80.4 Å². The Hall–Kier alpha value is -3.72. The lowest BCUT2D eigenvalue weighted by Gasteiger charge is -2.24. The van der Waals surface area contributed by atoms with E-state index < -0.39 is 40.9 Å². The van der Waals surface area contributed by atoms with Crippen LogP contribution in [0.3, 0.4) is 0 Å². The van der Waals surface area contributed by atoms with E-state index in [2.05, 4.69) is 0 Å². The number of amides is 1. The highest BCUT2D eigenvalue weighted by atomic mass is 35.5. The molecule has 1 aliphatic heterocycles. The largest absolute Gasteiger partial charge is 0.507 e. The maximum absolute atomic E-state index is 12.8.